The number of ether oxygens (including phenoxy) is 1. The number of aliphatic carboxylic acids is 1. The first-order valence-corrected chi connectivity index (χ1v) is 5.60. The van der Waals surface area contributed by atoms with Crippen molar-refractivity contribution in [3.63, 3.8) is 0 Å². The molecule has 0 fully saturated rings. The van der Waals surface area contributed by atoms with Gasteiger partial charge in [0.15, 0.2) is 5.75 Å². The van der Waals surface area contributed by atoms with E-state index in [2.05, 4.69) is 25.7 Å². The SMILES string of the molecule is O=C(O)Cc1nc(CBr)c(OC(F)(F)F)cc1O. The molecule has 2 N–H and O–H groups in total. The summed E-state index contributed by atoms with van der Waals surface area (Å²) in [4.78, 5) is 14.1. The highest BCUT2D eigenvalue weighted by atomic mass is 79.9. The predicted octanol–water partition coefficient (Wildman–Crippen LogP) is 2.21. The Morgan fingerprint density at radius 3 is 2.50 bits per heavy atom. The van der Waals surface area contributed by atoms with Gasteiger partial charge in [-0.15, -0.1) is 13.2 Å². The maximum absolute atomic E-state index is 12.1. The van der Waals surface area contributed by atoms with Gasteiger partial charge in [0.25, 0.3) is 0 Å². The van der Waals surface area contributed by atoms with E-state index in [0.717, 1.165) is 0 Å². The molecule has 0 aliphatic heterocycles. The smallest absolute Gasteiger partial charge is 0.506 e. The second-order valence-corrected chi connectivity index (χ2v) is 3.71. The predicted molar refractivity (Wildman–Crippen MR) is 56.6 cm³/mol. The van der Waals surface area contributed by atoms with Crippen molar-refractivity contribution in [2.75, 3.05) is 0 Å². The number of alkyl halides is 4. The summed E-state index contributed by atoms with van der Waals surface area (Å²) in [6.45, 7) is 0. The molecule has 0 radical (unpaired) electrons. The molecule has 1 heterocycles. The minimum Gasteiger partial charge on any atom is -0.506 e. The molecule has 0 aliphatic rings. The molecular formula is C9H7BrF3NO4. The maximum Gasteiger partial charge on any atom is 0.573 e. The quantitative estimate of drug-likeness (QED) is 0.828. The minimum atomic E-state index is -4.92. The van der Waals surface area contributed by atoms with Crippen LogP contribution in [0, 0.1) is 0 Å². The minimum absolute atomic E-state index is 0.0781. The van der Waals surface area contributed by atoms with Gasteiger partial charge in [0.05, 0.1) is 17.8 Å². The number of nitrogens with zero attached hydrogens (tertiary/aromatic N) is 1. The average molecular weight is 330 g/mol. The van der Waals surface area contributed by atoms with Gasteiger partial charge in [-0.2, -0.15) is 0 Å². The Labute approximate surface area is 107 Å². The van der Waals surface area contributed by atoms with Crippen LogP contribution >= 0.6 is 15.9 Å². The number of hydrogen-bond donors (Lipinski definition) is 2. The lowest BCUT2D eigenvalue weighted by atomic mass is 10.2. The van der Waals surface area contributed by atoms with Crippen molar-refractivity contribution in [3.05, 3.63) is 17.5 Å². The molecule has 0 amide bonds. The molecule has 0 unspecified atom stereocenters. The van der Waals surface area contributed by atoms with Gasteiger partial charge >= 0.3 is 12.3 Å². The number of rotatable bonds is 4. The number of aromatic hydroxyl groups is 1. The summed E-state index contributed by atoms with van der Waals surface area (Å²) in [5.74, 6) is -2.60. The number of aromatic nitrogens is 1. The van der Waals surface area contributed by atoms with Crippen LogP contribution in [0.2, 0.25) is 0 Å². The van der Waals surface area contributed by atoms with E-state index in [-0.39, 0.29) is 16.7 Å². The van der Waals surface area contributed by atoms with Crippen molar-refractivity contribution in [2.24, 2.45) is 0 Å². The van der Waals surface area contributed by atoms with Crippen LogP contribution < -0.4 is 4.74 Å². The van der Waals surface area contributed by atoms with Crippen LogP contribution in [0.5, 0.6) is 11.5 Å². The monoisotopic (exact) mass is 329 g/mol. The van der Waals surface area contributed by atoms with E-state index in [1.54, 1.807) is 0 Å². The Morgan fingerprint density at radius 2 is 2.06 bits per heavy atom. The van der Waals surface area contributed by atoms with Gasteiger partial charge in [-0.25, -0.2) is 4.98 Å². The van der Waals surface area contributed by atoms with E-state index in [1.807, 2.05) is 0 Å². The Balaban J connectivity index is 3.14. The van der Waals surface area contributed by atoms with Crippen molar-refractivity contribution >= 4 is 21.9 Å². The number of carboxylic acids is 1. The van der Waals surface area contributed by atoms with Gasteiger partial charge in [0, 0.05) is 11.4 Å². The van der Waals surface area contributed by atoms with E-state index >= 15 is 0 Å². The number of hydrogen-bond acceptors (Lipinski definition) is 4. The van der Waals surface area contributed by atoms with Crippen LogP contribution in [0.1, 0.15) is 11.4 Å². The molecule has 0 bridgehead atoms. The fraction of sp³-hybridized carbons (Fsp3) is 0.333. The van der Waals surface area contributed by atoms with Gasteiger partial charge < -0.3 is 14.9 Å². The third-order valence-electron chi connectivity index (χ3n) is 1.79. The molecular weight excluding hydrogens is 323 g/mol. The van der Waals surface area contributed by atoms with E-state index in [9.17, 15) is 23.1 Å². The number of carbonyl (C=O) groups is 1. The Hall–Kier alpha value is -1.51. The molecule has 0 aromatic carbocycles. The zero-order valence-electron chi connectivity index (χ0n) is 8.66. The molecule has 0 saturated carbocycles. The normalized spacial score (nSPS) is 11.3. The molecule has 0 saturated heterocycles. The van der Waals surface area contributed by atoms with Crippen LogP contribution in [0.15, 0.2) is 6.07 Å². The van der Waals surface area contributed by atoms with Gasteiger partial charge in [-0.05, 0) is 0 Å². The molecule has 0 atom stereocenters. The first-order valence-electron chi connectivity index (χ1n) is 4.48. The summed E-state index contributed by atoms with van der Waals surface area (Å²) >= 11 is 2.90. The second-order valence-electron chi connectivity index (χ2n) is 3.15. The lowest BCUT2D eigenvalue weighted by Gasteiger charge is -2.13. The maximum atomic E-state index is 12.1. The highest BCUT2D eigenvalue weighted by Gasteiger charge is 2.33. The summed E-state index contributed by atoms with van der Waals surface area (Å²) in [6.07, 6.45) is -5.52. The number of carboxylic acid groups (broad SMARTS) is 1. The fourth-order valence-corrected chi connectivity index (χ4v) is 1.55. The zero-order valence-corrected chi connectivity index (χ0v) is 10.2. The van der Waals surface area contributed by atoms with Crippen molar-refractivity contribution in [3.8, 4) is 11.5 Å². The second kappa shape index (κ2) is 5.42. The van der Waals surface area contributed by atoms with Crippen molar-refractivity contribution < 1.29 is 32.9 Å². The van der Waals surface area contributed by atoms with Gasteiger partial charge in [-0.3, -0.25) is 4.79 Å². The highest BCUT2D eigenvalue weighted by Crippen LogP contribution is 2.31. The van der Waals surface area contributed by atoms with Gasteiger partial charge in [0.1, 0.15) is 5.75 Å². The van der Waals surface area contributed by atoms with Crippen LogP contribution in [0.25, 0.3) is 0 Å². The summed E-state index contributed by atoms with van der Waals surface area (Å²) in [7, 11) is 0. The lowest BCUT2D eigenvalue weighted by molar-refractivity contribution is -0.275. The average Bonchev–Trinajstić information content (AvgIpc) is 2.19. The van der Waals surface area contributed by atoms with E-state index < -0.39 is 30.3 Å². The first kappa shape index (κ1) is 14.6. The number of halogens is 4. The van der Waals surface area contributed by atoms with Crippen LogP contribution in [0.4, 0.5) is 13.2 Å². The number of pyridine rings is 1. The van der Waals surface area contributed by atoms with Crippen molar-refractivity contribution in [1.29, 1.82) is 0 Å². The standard InChI is InChI=1S/C9H7BrF3NO4/c10-3-5-7(18-9(11,12)13)2-6(15)4(14-5)1-8(16)17/h2,15H,1,3H2,(H,16,17). The van der Waals surface area contributed by atoms with Gasteiger partial charge in [-0.1, -0.05) is 15.9 Å². The topological polar surface area (TPSA) is 79.7 Å². The first-order chi connectivity index (χ1) is 8.23. The molecule has 18 heavy (non-hydrogen) atoms. The van der Waals surface area contributed by atoms with Crippen LogP contribution in [-0.4, -0.2) is 27.5 Å². The zero-order chi connectivity index (χ0) is 13.9. The molecule has 1 rings (SSSR count). The Morgan fingerprint density at radius 1 is 1.44 bits per heavy atom. The molecule has 1 aromatic heterocycles. The summed E-state index contributed by atoms with van der Waals surface area (Å²) in [6, 6.07) is 0.690. The summed E-state index contributed by atoms with van der Waals surface area (Å²) in [5.41, 5.74) is -0.382. The molecule has 1 aromatic rings. The summed E-state index contributed by atoms with van der Waals surface area (Å²) < 4.78 is 39.8. The molecule has 9 heteroatoms. The molecule has 5 nitrogen and oxygen atoms in total. The molecule has 0 spiro atoms. The third kappa shape index (κ3) is 4.06. The van der Waals surface area contributed by atoms with Crippen molar-refractivity contribution in [1.82, 2.24) is 4.98 Å². The molecule has 0 aliphatic carbocycles. The van der Waals surface area contributed by atoms with Crippen LogP contribution in [-0.2, 0) is 16.5 Å². The fourth-order valence-electron chi connectivity index (χ4n) is 1.15. The van der Waals surface area contributed by atoms with Gasteiger partial charge in [0.2, 0.25) is 0 Å². The third-order valence-corrected chi connectivity index (χ3v) is 2.32. The van der Waals surface area contributed by atoms with E-state index in [4.69, 9.17) is 5.11 Å². The summed E-state index contributed by atoms with van der Waals surface area (Å²) in [5, 5.41) is 17.8. The van der Waals surface area contributed by atoms with E-state index in [1.165, 1.54) is 0 Å². The Bertz CT molecular complexity index is 464. The van der Waals surface area contributed by atoms with E-state index in [0.29, 0.717) is 6.07 Å². The lowest BCUT2D eigenvalue weighted by Crippen LogP contribution is -2.18. The molecule has 100 valence electrons. The largest absolute Gasteiger partial charge is 0.573 e. The van der Waals surface area contributed by atoms with Crippen LogP contribution in [0.3, 0.4) is 0 Å². The van der Waals surface area contributed by atoms with Crippen molar-refractivity contribution in [2.45, 2.75) is 18.1 Å². The highest BCUT2D eigenvalue weighted by molar-refractivity contribution is 9.08. The Kier molecular flexibility index (Phi) is 4.38.